The van der Waals surface area contributed by atoms with Crippen LogP contribution in [0.3, 0.4) is 0 Å². The number of hydrogen-bond donors (Lipinski definition) is 1. The highest BCUT2D eigenvalue weighted by Crippen LogP contribution is 2.36. The highest BCUT2D eigenvalue weighted by molar-refractivity contribution is 5.76. The minimum atomic E-state index is -0.0469. The molecule has 28 heavy (non-hydrogen) atoms. The number of benzene rings is 2. The van der Waals surface area contributed by atoms with Gasteiger partial charge in [0.25, 0.3) is 0 Å². The van der Waals surface area contributed by atoms with Crippen molar-refractivity contribution in [2.24, 2.45) is 0 Å². The number of hydrogen-bond acceptors (Lipinski definition) is 3. The van der Waals surface area contributed by atoms with E-state index < -0.39 is 0 Å². The van der Waals surface area contributed by atoms with E-state index in [1.54, 1.807) is 0 Å². The molecule has 1 fully saturated rings. The van der Waals surface area contributed by atoms with E-state index in [1.165, 1.54) is 0 Å². The summed E-state index contributed by atoms with van der Waals surface area (Å²) in [7, 11) is 0. The largest absolute Gasteiger partial charge is 0.507 e. The molecule has 0 aliphatic carbocycles. The lowest BCUT2D eigenvalue weighted by atomic mass is 9.79. The average molecular weight is 382 g/mol. The summed E-state index contributed by atoms with van der Waals surface area (Å²) in [6, 6.07) is 15.9. The first-order valence-electron chi connectivity index (χ1n) is 10.2. The zero-order valence-corrected chi connectivity index (χ0v) is 17.0. The number of amides is 1. The fourth-order valence-corrected chi connectivity index (χ4v) is 3.77. The molecular formula is C24H31NO3. The Labute approximate surface area is 168 Å². The van der Waals surface area contributed by atoms with Gasteiger partial charge in [-0.25, -0.2) is 0 Å². The van der Waals surface area contributed by atoms with Crippen molar-refractivity contribution in [3.05, 3.63) is 54.1 Å². The monoisotopic (exact) mass is 381 g/mol. The van der Waals surface area contributed by atoms with Crippen molar-refractivity contribution in [1.82, 2.24) is 4.90 Å². The molecule has 0 aromatic heterocycles. The van der Waals surface area contributed by atoms with Gasteiger partial charge >= 0.3 is 0 Å². The van der Waals surface area contributed by atoms with E-state index in [1.807, 2.05) is 47.4 Å². The Morgan fingerprint density at radius 3 is 2.46 bits per heavy atom. The zero-order chi connectivity index (χ0) is 20.0. The third-order valence-corrected chi connectivity index (χ3v) is 5.67. The van der Waals surface area contributed by atoms with Crippen LogP contribution in [0.15, 0.2) is 48.5 Å². The summed E-state index contributed by atoms with van der Waals surface area (Å²) in [5, 5.41) is 10.5. The molecular weight excluding hydrogens is 350 g/mol. The predicted octanol–water partition coefficient (Wildman–Crippen LogP) is 4.76. The van der Waals surface area contributed by atoms with Gasteiger partial charge in [0.15, 0.2) is 0 Å². The van der Waals surface area contributed by atoms with Crippen LogP contribution in [0, 0.1) is 0 Å². The van der Waals surface area contributed by atoms with Crippen molar-refractivity contribution in [2.75, 3.05) is 26.3 Å². The molecule has 2 aromatic carbocycles. The summed E-state index contributed by atoms with van der Waals surface area (Å²) in [6.45, 7) is 7.15. The van der Waals surface area contributed by atoms with Crippen molar-refractivity contribution < 1.29 is 14.6 Å². The minimum absolute atomic E-state index is 0.0469. The molecule has 1 aliphatic rings. The Morgan fingerprint density at radius 1 is 1.07 bits per heavy atom. The van der Waals surface area contributed by atoms with Gasteiger partial charge in [0.2, 0.25) is 5.91 Å². The molecule has 2 aromatic rings. The Morgan fingerprint density at radius 2 is 1.79 bits per heavy atom. The van der Waals surface area contributed by atoms with Gasteiger partial charge in [0, 0.05) is 25.1 Å². The molecule has 1 amide bonds. The fourth-order valence-electron chi connectivity index (χ4n) is 3.77. The highest BCUT2D eigenvalue weighted by atomic mass is 16.5. The van der Waals surface area contributed by atoms with Crippen LogP contribution in [0.5, 0.6) is 5.75 Å². The van der Waals surface area contributed by atoms with E-state index in [-0.39, 0.29) is 11.3 Å². The predicted molar refractivity (Wildman–Crippen MR) is 112 cm³/mol. The summed E-state index contributed by atoms with van der Waals surface area (Å²) in [4.78, 5) is 14.2. The molecule has 4 heteroatoms. The van der Waals surface area contributed by atoms with Crippen LogP contribution in [0.4, 0.5) is 0 Å². The van der Waals surface area contributed by atoms with E-state index in [2.05, 4.69) is 19.9 Å². The molecule has 0 spiro atoms. The molecule has 4 nitrogen and oxygen atoms in total. The van der Waals surface area contributed by atoms with E-state index in [0.717, 1.165) is 49.0 Å². The van der Waals surface area contributed by atoms with Gasteiger partial charge in [-0.15, -0.1) is 0 Å². The van der Waals surface area contributed by atoms with Gasteiger partial charge in [-0.3, -0.25) is 4.79 Å². The molecule has 0 atom stereocenters. The molecule has 1 aliphatic heterocycles. The number of rotatable bonds is 7. The second-order valence-electron chi connectivity index (χ2n) is 8.18. The van der Waals surface area contributed by atoms with E-state index in [4.69, 9.17) is 4.74 Å². The number of phenols is 1. The van der Waals surface area contributed by atoms with Crippen LogP contribution in [-0.4, -0.2) is 42.2 Å². The molecule has 3 rings (SSSR count). The van der Waals surface area contributed by atoms with E-state index in [0.29, 0.717) is 25.4 Å². The van der Waals surface area contributed by atoms with Crippen molar-refractivity contribution in [2.45, 2.75) is 44.9 Å². The first kappa shape index (κ1) is 20.4. The second-order valence-corrected chi connectivity index (χ2v) is 8.18. The zero-order valence-electron chi connectivity index (χ0n) is 17.0. The van der Waals surface area contributed by atoms with Gasteiger partial charge in [-0.1, -0.05) is 62.7 Å². The van der Waals surface area contributed by atoms with Crippen molar-refractivity contribution in [3.63, 3.8) is 0 Å². The lowest BCUT2D eigenvalue weighted by Gasteiger charge is -2.28. The van der Waals surface area contributed by atoms with Crippen LogP contribution in [0.1, 0.15) is 45.1 Å². The van der Waals surface area contributed by atoms with Crippen molar-refractivity contribution >= 4 is 5.91 Å². The highest BCUT2D eigenvalue weighted by Gasteiger charge is 2.22. The molecule has 1 N–H and O–H groups in total. The van der Waals surface area contributed by atoms with Gasteiger partial charge < -0.3 is 14.7 Å². The standard InChI is InChI=1S/C24H31NO3/c1-24(2,13-7-6-10-23(27)25-14-16-28-17-15-25)20-11-12-21(22(26)18-20)19-8-4-3-5-9-19/h3-5,8-9,11-12,18,26H,6-7,10,13-17H2,1-2H3. The molecule has 1 saturated heterocycles. The summed E-state index contributed by atoms with van der Waals surface area (Å²) < 4.78 is 5.30. The number of phenolic OH excluding ortho intramolecular Hbond substituents is 1. The second kappa shape index (κ2) is 9.24. The maximum atomic E-state index is 12.2. The van der Waals surface area contributed by atoms with Gasteiger partial charge in [-0.2, -0.15) is 0 Å². The Kier molecular flexibility index (Phi) is 6.74. The van der Waals surface area contributed by atoms with Gasteiger partial charge in [0.1, 0.15) is 5.75 Å². The third kappa shape index (κ3) is 5.14. The minimum Gasteiger partial charge on any atom is -0.507 e. The SMILES string of the molecule is CC(C)(CCCCC(=O)N1CCOCC1)c1ccc(-c2ccccc2)c(O)c1. The Bertz CT molecular complexity index is 780. The number of unbranched alkanes of at least 4 members (excludes halogenated alkanes) is 1. The van der Waals surface area contributed by atoms with Crippen LogP contribution >= 0.6 is 0 Å². The molecule has 150 valence electrons. The molecule has 0 bridgehead atoms. The Balaban J connectivity index is 1.54. The smallest absolute Gasteiger partial charge is 0.222 e. The van der Waals surface area contributed by atoms with Crippen LogP contribution in [0.2, 0.25) is 0 Å². The first-order chi connectivity index (χ1) is 13.5. The first-order valence-corrected chi connectivity index (χ1v) is 10.2. The number of carbonyl (C=O) groups excluding carboxylic acids is 1. The summed E-state index contributed by atoms with van der Waals surface area (Å²) in [5.74, 6) is 0.560. The summed E-state index contributed by atoms with van der Waals surface area (Å²) in [6.07, 6.45) is 3.47. The topological polar surface area (TPSA) is 49.8 Å². The van der Waals surface area contributed by atoms with E-state index >= 15 is 0 Å². The fraction of sp³-hybridized carbons (Fsp3) is 0.458. The van der Waals surface area contributed by atoms with Crippen molar-refractivity contribution in [1.29, 1.82) is 0 Å². The number of morpholine rings is 1. The van der Waals surface area contributed by atoms with Crippen LogP contribution in [-0.2, 0) is 14.9 Å². The lowest BCUT2D eigenvalue weighted by Crippen LogP contribution is -2.40. The Hall–Kier alpha value is -2.33. The molecule has 0 unspecified atom stereocenters. The quantitative estimate of drug-likeness (QED) is 0.704. The van der Waals surface area contributed by atoms with Gasteiger partial charge in [-0.05, 0) is 35.4 Å². The number of nitrogens with zero attached hydrogens (tertiary/aromatic N) is 1. The maximum Gasteiger partial charge on any atom is 0.222 e. The number of carbonyl (C=O) groups is 1. The normalized spacial score (nSPS) is 14.9. The van der Waals surface area contributed by atoms with Gasteiger partial charge in [0.05, 0.1) is 13.2 Å². The van der Waals surface area contributed by atoms with Crippen molar-refractivity contribution in [3.8, 4) is 16.9 Å². The van der Waals surface area contributed by atoms with Crippen LogP contribution < -0.4 is 0 Å². The molecule has 0 saturated carbocycles. The maximum absolute atomic E-state index is 12.2. The third-order valence-electron chi connectivity index (χ3n) is 5.67. The molecule has 0 radical (unpaired) electrons. The summed E-state index contributed by atoms with van der Waals surface area (Å²) in [5.41, 5.74) is 2.96. The average Bonchev–Trinajstić information content (AvgIpc) is 2.72. The molecule has 1 heterocycles. The van der Waals surface area contributed by atoms with Crippen LogP contribution in [0.25, 0.3) is 11.1 Å². The van der Waals surface area contributed by atoms with E-state index in [9.17, 15) is 9.90 Å². The number of ether oxygens (including phenoxy) is 1. The number of aromatic hydroxyl groups is 1. The lowest BCUT2D eigenvalue weighted by molar-refractivity contribution is -0.135. The summed E-state index contributed by atoms with van der Waals surface area (Å²) >= 11 is 0.